The number of nitrogens with one attached hydrogen (secondary N) is 2. The minimum Gasteiger partial charge on any atom is -0.362 e. The van der Waals surface area contributed by atoms with E-state index < -0.39 is 5.91 Å². The van der Waals surface area contributed by atoms with E-state index in [2.05, 4.69) is 16.9 Å². The highest BCUT2D eigenvalue weighted by molar-refractivity contribution is 6.33. The Morgan fingerprint density at radius 1 is 1.04 bits per heavy atom. The molecule has 0 atom stereocenters. The third kappa shape index (κ3) is 3.46. The molecule has 6 heteroatoms. The summed E-state index contributed by atoms with van der Waals surface area (Å²) >= 11 is 5.95. The maximum Gasteiger partial charge on any atom is 0.271 e. The van der Waals surface area contributed by atoms with Crippen molar-refractivity contribution in [2.24, 2.45) is 0 Å². The molecule has 1 heterocycles. The fourth-order valence-corrected chi connectivity index (χ4v) is 2.84. The lowest BCUT2D eigenvalue weighted by atomic mass is 10.2. The number of anilines is 1. The Kier molecular flexibility index (Phi) is 4.48. The van der Waals surface area contributed by atoms with Gasteiger partial charge in [-0.1, -0.05) is 41.9 Å². The first kappa shape index (κ1) is 15.4. The van der Waals surface area contributed by atoms with Crippen molar-refractivity contribution in [3.05, 3.63) is 64.7 Å². The van der Waals surface area contributed by atoms with Crippen molar-refractivity contribution in [1.82, 2.24) is 10.9 Å². The predicted octanol–water partition coefficient (Wildman–Crippen LogP) is 2.16. The van der Waals surface area contributed by atoms with Gasteiger partial charge in [-0.15, -0.1) is 0 Å². The number of fused-ring (bicyclic) bond motifs is 1. The Balaban J connectivity index is 1.55. The van der Waals surface area contributed by atoms with Gasteiger partial charge in [0.05, 0.1) is 17.1 Å². The van der Waals surface area contributed by atoms with Crippen LogP contribution in [-0.2, 0) is 11.2 Å². The van der Waals surface area contributed by atoms with E-state index in [0.717, 1.165) is 18.7 Å². The Labute approximate surface area is 139 Å². The molecule has 2 N–H and O–H groups in total. The van der Waals surface area contributed by atoms with E-state index in [-0.39, 0.29) is 12.5 Å². The number of rotatable bonds is 3. The first-order chi connectivity index (χ1) is 11.1. The van der Waals surface area contributed by atoms with Crippen molar-refractivity contribution in [3.63, 3.8) is 0 Å². The van der Waals surface area contributed by atoms with E-state index >= 15 is 0 Å². The number of carbonyl (C=O) groups excluding carboxylic acids is 2. The summed E-state index contributed by atoms with van der Waals surface area (Å²) in [5.41, 5.74) is 7.44. The standard InChI is InChI=1S/C17H16ClN3O2/c18-14-7-3-2-6-13(14)17(23)20-19-16(22)11-21-10-9-12-5-1-4-8-15(12)21/h1-8H,9-11H2,(H,19,22)(H,20,23). The van der Waals surface area contributed by atoms with Crippen LogP contribution >= 0.6 is 11.6 Å². The predicted molar refractivity (Wildman–Crippen MR) is 89.4 cm³/mol. The zero-order valence-corrected chi connectivity index (χ0v) is 13.1. The van der Waals surface area contributed by atoms with Crippen LogP contribution in [0.1, 0.15) is 15.9 Å². The largest absolute Gasteiger partial charge is 0.362 e. The number of nitrogens with zero attached hydrogens (tertiary/aromatic N) is 1. The lowest BCUT2D eigenvalue weighted by molar-refractivity contribution is -0.120. The summed E-state index contributed by atoms with van der Waals surface area (Å²) in [4.78, 5) is 26.0. The monoisotopic (exact) mass is 329 g/mol. The van der Waals surface area contributed by atoms with Crippen LogP contribution in [0.2, 0.25) is 5.02 Å². The number of hydrazine groups is 1. The summed E-state index contributed by atoms with van der Waals surface area (Å²) in [6, 6.07) is 14.7. The molecule has 0 aromatic heterocycles. The van der Waals surface area contributed by atoms with Crippen LogP contribution in [0.3, 0.4) is 0 Å². The van der Waals surface area contributed by atoms with Crippen LogP contribution in [0.25, 0.3) is 0 Å². The van der Waals surface area contributed by atoms with Gasteiger partial charge in [-0.25, -0.2) is 0 Å². The zero-order valence-electron chi connectivity index (χ0n) is 12.4. The molecule has 2 amide bonds. The number of benzene rings is 2. The number of hydrogen-bond donors (Lipinski definition) is 2. The molecule has 1 aliphatic heterocycles. The number of carbonyl (C=O) groups is 2. The molecule has 23 heavy (non-hydrogen) atoms. The van der Waals surface area contributed by atoms with Crippen LogP contribution in [0.15, 0.2) is 48.5 Å². The van der Waals surface area contributed by atoms with Crippen LogP contribution < -0.4 is 15.8 Å². The fourth-order valence-electron chi connectivity index (χ4n) is 2.62. The smallest absolute Gasteiger partial charge is 0.271 e. The fraction of sp³-hybridized carbons (Fsp3) is 0.176. The third-order valence-electron chi connectivity index (χ3n) is 3.75. The van der Waals surface area contributed by atoms with Crippen LogP contribution in [0.4, 0.5) is 5.69 Å². The Bertz CT molecular complexity index is 748. The molecule has 118 valence electrons. The highest BCUT2D eigenvalue weighted by atomic mass is 35.5. The first-order valence-electron chi connectivity index (χ1n) is 7.32. The van der Waals surface area contributed by atoms with Gasteiger partial charge in [0, 0.05) is 12.2 Å². The molecule has 0 unspecified atom stereocenters. The quantitative estimate of drug-likeness (QED) is 0.848. The summed E-state index contributed by atoms with van der Waals surface area (Å²) < 4.78 is 0. The van der Waals surface area contributed by atoms with Crippen molar-refractivity contribution in [3.8, 4) is 0 Å². The Hall–Kier alpha value is -2.53. The normalized spacial score (nSPS) is 12.7. The lowest BCUT2D eigenvalue weighted by Gasteiger charge is -2.18. The van der Waals surface area contributed by atoms with Crippen LogP contribution in [0, 0.1) is 0 Å². The number of halogens is 1. The highest BCUT2D eigenvalue weighted by Gasteiger charge is 2.20. The second kappa shape index (κ2) is 6.71. The van der Waals surface area contributed by atoms with E-state index in [1.54, 1.807) is 24.3 Å². The molecule has 2 aromatic carbocycles. The number of amides is 2. The summed E-state index contributed by atoms with van der Waals surface area (Å²) in [7, 11) is 0. The van der Waals surface area contributed by atoms with E-state index in [4.69, 9.17) is 11.6 Å². The van der Waals surface area contributed by atoms with Crippen molar-refractivity contribution in [2.75, 3.05) is 18.0 Å². The second-order valence-electron chi connectivity index (χ2n) is 5.28. The Morgan fingerprint density at radius 3 is 2.61 bits per heavy atom. The average Bonchev–Trinajstić information content (AvgIpc) is 2.96. The molecule has 0 spiro atoms. The minimum atomic E-state index is -0.439. The van der Waals surface area contributed by atoms with Gasteiger partial charge in [-0.2, -0.15) is 0 Å². The minimum absolute atomic E-state index is 0.194. The van der Waals surface area contributed by atoms with E-state index in [1.165, 1.54) is 5.56 Å². The van der Waals surface area contributed by atoms with Crippen LogP contribution in [0.5, 0.6) is 0 Å². The van der Waals surface area contributed by atoms with E-state index in [1.807, 2.05) is 23.1 Å². The third-order valence-corrected chi connectivity index (χ3v) is 4.08. The molecule has 3 rings (SSSR count). The van der Waals surface area contributed by atoms with Crippen molar-refractivity contribution >= 4 is 29.1 Å². The van der Waals surface area contributed by atoms with Gasteiger partial charge in [0.2, 0.25) is 0 Å². The summed E-state index contributed by atoms with van der Waals surface area (Å²) in [5, 5.41) is 0.340. The number of para-hydroxylation sites is 1. The average molecular weight is 330 g/mol. The molecule has 0 saturated carbocycles. The zero-order chi connectivity index (χ0) is 16.2. The molecule has 1 aliphatic rings. The van der Waals surface area contributed by atoms with Crippen molar-refractivity contribution in [2.45, 2.75) is 6.42 Å². The molecule has 5 nitrogen and oxygen atoms in total. The van der Waals surface area contributed by atoms with Gasteiger partial charge >= 0.3 is 0 Å². The van der Waals surface area contributed by atoms with Crippen LogP contribution in [-0.4, -0.2) is 24.9 Å². The molecular formula is C17H16ClN3O2. The molecule has 0 radical (unpaired) electrons. The molecule has 2 aromatic rings. The van der Waals surface area contributed by atoms with Crippen molar-refractivity contribution < 1.29 is 9.59 Å². The van der Waals surface area contributed by atoms with Gasteiger partial charge in [0.25, 0.3) is 11.8 Å². The van der Waals surface area contributed by atoms with Crippen molar-refractivity contribution in [1.29, 1.82) is 0 Å². The maximum atomic E-state index is 12.0. The van der Waals surface area contributed by atoms with E-state index in [9.17, 15) is 9.59 Å². The van der Waals surface area contributed by atoms with Gasteiger partial charge in [0.1, 0.15) is 0 Å². The number of hydrogen-bond acceptors (Lipinski definition) is 3. The molecular weight excluding hydrogens is 314 g/mol. The SMILES string of the molecule is O=C(CN1CCc2ccccc21)NNC(=O)c1ccccc1Cl. The molecule has 0 fully saturated rings. The summed E-state index contributed by atoms with van der Waals surface area (Å²) in [6.45, 7) is 0.991. The molecule has 0 bridgehead atoms. The summed E-state index contributed by atoms with van der Waals surface area (Å²) in [5.74, 6) is -0.715. The van der Waals surface area contributed by atoms with Gasteiger partial charge < -0.3 is 4.90 Å². The first-order valence-corrected chi connectivity index (χ1v) is 7.69. The van der Waals surface area contributed by atoms with Gasteiger partial charge in [0.15, 0.2) is 0 Å². The topological polar surface area (TPSA) is 61.4 Å². The summed E-state index contributed by atoms with van der Waals surface area (Å²) in [6.07, 6.45) is 0.926. The maximum absolute atomic E-state index is 12.0. The van der Waals surface area contributed by atoms with Gasteiger partial charge in [-0.05, 0) is 30.2 Å². The van der Waals surface area contributed by atoms with Gasteiger partial charge in [-0.3, -0.25) is 20.4 Å². The highest BCUT2D eigenvalue weighted by Crippen LogP contribution is 2.26. The lowest BCUT2D eigenvalue weighted by Crippen LogP contribution is -2.46. The molecule has 0 aliphatic carbocycles. The Morgan fingerprint density at radius 2 is 1.78 bits per heavy atom. The second-order valence-corrected chi connectivity index (χ2v) is 5.69. The molecule has 0 saturated heterocycles. The van der Waals surface area contributed by atoms with E-state index in [0.29, 0.717) is 10.6 Å².